The lowest BCUT2D eigenvalue weighted by atomic mass is 9.89. The number of piperidine rings is 1. The standard InChI is InChI=1S/C31H35N3O2/c1-23-9-6-15-29(24(23)2)32-17-19-33(20-18-32)31(36)27-13-7-12-26(21-27)28-14-8-16-34(22-28)30(35)25-10-4-3-5-11-25/h3-7,9-13,15,21,28H,8,14,16-20,22H2,1-2H3/t28-/m1/s1. The molecule has 2 saturated heterocycles. The number of carbonyl (C=O) groups is 2. The number of nitrogens with zero attached hydrogens (tertiary/aromatic N) is 3. The summed E-state index contributed by atoms with van der Waals surface area (Å²) in [6, 6.07) is 24.0. The molecule has 0 radical (unpaired) electrons. The van der Waals surface area contributed by atoms with Crippen molar-refractivity contribution < 1.29 is 9.59 Å². The fourth-order valence-electron chi connectivity index (χ4n) is 5.53. The number of carbonyl (C=O) groups excluding carboxylic acids is 2. The lowest BCUT2D eigenvalue weighted by Gasteiger charge is -2.37. The van der Waals surface area contributed by atoms with E-state index >= 15 is 0 Å². The van der Waals surface area contributed by atoms with Crippen LogP contribution in [0.2, 0.25) is 0 Å². The highest BCUT2D eigenvalue weighted by Crippen LogP contribution is 2.29. The van der Waals surface area contributed by atoms with Crippen molar-refractivity contribution in [2.45, 2.75) is 32.6 Å². The van der Waals surface area contributed by atoms with E-state index in [2.05, 4.69) is 49.1 Å². The molecule has 186 valence electrons. The van der Waals surface area contributed by atoms with Gasteiger partial charge in [0.05, 0.1) is 0 Å². The Kier molecular flexibility index (Phi) is 7.08. The van der Waals surface area contributed by atoms with E-state index in [4.69, 9.17) is 0 Å². The zero-order valence-electron chi connectivity index (χ0n) is 21.3. The molecule has 2 fully saturated rings. The van der Waals surface area contributed by atoms with Crippen LogP contribution in [0.25, 0.3) is 0 Å². The van der Waals surface area contributed by atoms with Crippen molar-refractivity contribution in [3.63, 3.8) is 0 Å². The quantitative estimate of drug-likeness (QED) is 0.509. The molecule has 3 aromatic carbocycles. The SMILES string of the molecule is Cc1cccc(N2CCN(C(=O)c3cccc([C@@H]4CCCN(C(=O)c5ccccc5)C4)c3)CC2)c1C. The Bertz CT molecular complexity index is 1230. The van der Waals surface area contributed by atoms with Gasteiger partial charge in [0.15, 0.2) is 0 Å². The Morgan fingerprint density at radius 2 is 1.42 bits per heavy atom. The molecule has 5 heteroatoms. The highest BCUT2D eigenvalue weighted by Gasteiger charge is 2.27. The first kappa shape index (κ1) is 24.1. The first-order valence-corrected chi connectivity index (χ1v) is 13.1. The van der Waals surface area contributed by atoms with Crippen LogP contribution in [0.1, 0.15) is 56.2 Å². The maximum absolute atomic E-state index is 13.4. The first-order valence-electron chi connectivity index (χ1n) is 13.1. The molecular formula is C31H35N3O2. The lowest BCUT2D eigenvalue weighted by Crippen LogP contribution is -2.49. The molecule has 2 aliphatic rings. The second kappa shape index (κ2) is 10.6. The van der Waals surface area contributed by atoms with E-state index in [1.54, 1.807) is 0 Å². The summed E-state index contributed by atoms with van der Waals surface area (Å²) in [5, 5.41) is 0. The summed E-state index contributed by atoms with van der Waals surface area (Å²) in [5.74, 6) is 0.444. The average molecular weight is 482 g/mol. The number of benzene rings is 3. The van der Waals surface area contributed by atoms with Crippen LogP contribution in [0.4, 0.5) is 5.69 Å². The van der Waals surface area contributed by atoms with Gasteiger partial charge in [-0.2, -0.15) is 0 Å². The highest BCUT2D eigenvalue weighted by atomic mass is 16.2. The van der Waals surface area contributed by atoms with E-state index in [1.165, 1.54) is 16.8 Å². The lowest BCUT2D eigenvalue weighted by molar-refractivity contribution is 0.0704. The van der Waals surface area contributed by atoms with Crippen LogP contribution in [-0.2, 0) is 0 Å². The number of likely N-dealkylation sites (tertiary alicyclic amines) is 1. The van der Waals surface area contributed by atoms with Gasteiger partial charge in [-0.3, -0.25) is 9.59 Å². The number of amides is 2. The van der Waals surface area contributed by atoms with E-state index in [0.717, 1.165) is 62.3 Å². The van der Waals surface area contributed by atoms with Gasteiger partial charge < -0.3 is 14.7 Å². The van der Waals surface area contributed by atoms with Crippen LogP contribution in [0.3, 0.4) is 0 Å². The molecule has 5 nitrogen and oxygen atoms in total. The Morgan fingerprint density at radius 3 is 2.19 bits per heavy atom. The molecule has 0 saturated carbocycles. The molecule has 0 unspecified atom stereocenters. The van der Waals surface area contributed by atoms with Crippen molar-refractivity contribution >= 4 is 17.5 Å². The van der Waals surface area contributed by atoms with Crippen LogP contribution in [0.5, 0.6) is 0 Å². The van der Waals surface area contributed by atoms with Crippen LogP contribution < -0.4 is 4.90 Å². The third-order valence-corrected chi connectivity index (χ3v) is 7.82. The summed E-state index contributed by atoms with van der Waals surface area (Å²) in [4.78, 5) is 32.7. The minimum absolute atomic E-state index is 0.0919. The molecule has 5 rings (SSSR count). The van der Waals surface area contributed by atoms with E-state index < -0.39 is 0 Å². The molecular weight excluding hydrogens is 446 g/mol. The predicted molar refractivity (Wildman–Crippen MR) is 145 cm³/mol. The molecule has 1 atom stereocenters. The van der Waals surface area contributed by atoms with Crippen LogP contribution in [0.15, 0.2) is 72.8 Å². The van der Waals surface area contributed by atoms with Gasteiger partial charge in [0.1, 0.15) is 0 Å². The number of hydrogen-bond acceptors (Lipinski definition) is 3. The topological polar surface area (TPSA) is 43.9 Å². The van der Waals surface area contributed by atoms with Gasteiger partial charge in [-0.15, -0.1) is 0 Å². The molecule has 0 N–H and O–H groups in total. The second-order valence-electron chi connectivity index (χ2n) is 10.1. The summed E-state index contributed by atoms with van der Waals surface area (Å²) in [6.45, 7) is 8.93. The average Bonchev–Trinajstić information content (AvgIpc) is 2.94. The summed E-state index contributed by atoms with van der Waals surface area (Å²) >= 11 is 0. The highest BCUT2D eigenvalue weighted by molar-refractivity contribution is 5.95. The maximum Gasteiger partial charge on any atom is 0.253 e. The van der Waals surface area contributed by atoms with Gasteiger partial charge in [-0.05, 0) is 73.7 Å². The van der Waals surface area contributed by atoms with Gasteiger partial charge in [-0.1, -0.05) is 42.5 Å². The summed E-state index contributed by atoms with van der Waals surface area (Å²) in [6.07, 6.45) is 2.01. The Labute approximate surface area is 214 Å². The van der Waals surface area contributed by atoms with E-state index in [1.807, 2.05) is 52.3 Å². The van der Waals surface area contributed by atoms with Crippen molar-refractivity contribution in [3.05, 3.63) is 101 Å². The first-order chi connectivity index (χ1) is 17.5. The van der Waals surface area contributed by atoms with Crippen molar-refractivity contribution in [1.29, 1.82) is 0 Å². The number of piperazine rings is 1. The Balaban J connectivity index is 1.24. The third kappa shape index (κ3) is 5.01. The van der Waals surface area contributed by atoms with Crippen molar-refractivity contribution in [2.24, 2.45) is 0 Å². The Morgan fingerprint density at radius 1 is 0.722 bits per heavy atom. The maximum atomic E-state index is 13.4. The van der Waals surface area contributed by atoms with Gasteiger partial charge in [0.25, 0.3) is 11.8 Å². The predicted octanol–water partition coefficient (Wildman–Crippen LogP) is 5.29. The van der Waals surface area contributed by atoms with Gasteiger partial charge >= 0.3 is 0 Å². The molecule has 3 aromatic rings. The van der Waals surface area contributed by atoms with Crippen LogP contribution >= 0.6 is 0 Å². The monoisotopic (exact) mass is 481 g/mol. The Hall–Kier alpha value is -3.60. The van der Waals surface area contributed by atoms with Crippen molar-refractivity contribution in [1.82, 2.24) is 9.80 Å². The van der Waals surface area contributed by atoms with Crippen LogP contribution in [-0.4, -0.2) is 60.9 Å². The van der Waals surface area contributed by atoms with Gasteiger partial charge in [0.2, 0.25) is 0 Å². The fraction of sp³-hybridized carbons (Fsp3) is 0.355. The number of aryl methyl sites for hydroxylation is 1. The van der Waals surface area contributed by atoms with Gasteiger partial charge in [0, 0.05) is 62.0 Å². The zero-order chi connectivity index (χ0) is 25.1. The minimum atomic E-state index is 0.0919. The van der Waals surface area contributed by atoms with E-state index in [9.17, 15) is 9.59 Å². The number of hydrogen-bond donors (Lipinski definition) is 0. The minimum Gasteiger partial charge on any atom is -0.368 e. The smallest absolute Gasteiger partial charge is 0.253 e. The van der Waals surface area contributed by atoms with E-state index in [0.29, 0.717) is 6.54 Å². The summed E-state index contributed by atoms with van der Waals surface area (Å²) in [7, 11) is 0. The van der Waals surface area contributed by atoms with Crippen molar-refractivity contribution in [3.8, 4) is 0 Å². The second-order valence-corrected chi connectivity index (χ2v) is 10.1. The molecule has 0 aromatic heterocycles. The fourth-order valence-corrected chi connectivity index (χ4v) is 5.53. The van der Waals surface area contributed by atoms with Gasteiger partial charge in [-0.25, -0.2) is 0 Å². The molecule has 0 aliphatic carbocycles. The largest absolute Gasteiger partial charge is 0.368 e. The van der Waals surface area contributed by atoms with E-state index in [-0.39, 0.29) is 17.7 Å². The molecule has 2 aliphatic heterocycles. The molecule has 0 spiro atoms. The third-order valence-electron chi connectivity index (χ3n) is 7.82. The normalized spacial score (nSPS) is 18.3. The van der Waals surface area contributed by atoms with Crippen LogP contribution in [0, 0.1) is 13.8 Å². The number of anilines is 1. The summed E-state index contributed by atoms with van der Waals surface area (Å²) < 4.78 is 0. The zero-order valence-corrected chi connectivity index (χ0v) is 21.3. The molecule has 36 heavy (non-hydrogen) atoms. The molecule has 2 amide bonds. The molecule has 0 bridgehead atoms. The summed E-state index contributed by atoms with van der Waals surface area (Å²) in [5.41, 5.74) is 6.53. The molecule has 2 heterocycles. The van der Waals surface area contributed by atoms with Crippen molar-refractivity contribution in [2.75, 3.05) is 44.2 Å². The number of rotatable bonds is 4.